The van der Waals surface area contributed by atoms with Crippen LogP contribution in [0.1, 0.15) is 21.7 Å². The molecular formula is C24H20N2O6. The van der Waals surface area contributed by atoms with Crippen molar-refractivity contribution in [2.45, 2.75) is 6.54 Å². The molecule has 162 valence electrons. The number of nitriles is 1. The Labute approximate surface area is 184 Å². The second-order valence-corrected chi connectivity index (χ2v) is 6.62. The fourth-order valence-electron chi connectivity index (χ4n) is 2.95. The van der Waals surface area contributed by atoms with Crippen LogP contribution in [0.15, 0.2) is 64.6 Å². The molecule has 0 spiro atoms. The Hall–Kier alpha value is -4.51. The Kier molecular flexibility index (Phi) is 6.93. The van der Waals surface area contributed by atoms with Crippen LogP contribution in [0.4, 0.5) is 0 Å². The molecule has 1 amide bonds. The van der Waals surface area contributed by atoms with Crippen molar-refractivity contribution < 1.29 is 28.6 Å². The predicted octanol–water partition coefficient (Wildman–Crippen LogP) is 3.89. The van der Waals surface area contributed by atoms with E-state index in [2.05, 4.69) is 5.32 Å². The molecule has 8 heteroatoms. The molecule has 0 radical (unpaired) electrons. The molecule has 0 unspecified atom stereocenters. The zero-order chi connectivity index (χ0) is 23.1. The van der Waals surface area contributed by atoms with Gasteiger partial charge in [0.05, 0.1) is 19.8 Å². The molecule has 0 fully saturated rings. The summed E-state index contributed by atoms with van der Waals surface area (Å²) >= 11 is 0. The fraction of sp³-hybridized carbons (Fsp3) is 0.125. The molecule has 0 bridgehead atoms. The van der Waals surface area contributed by atoms with Crippen molar-refractivity contribution in [2.75, 3.05) is 14.2 Å². The number of carboxylic acid groups (broad SMARTS) is 1. The lowest BCUT2D eigenvalue weighted by Crippen LogP contribution is -2.24. The summed E-state index contributed by atoms with van der Waals surface area (Å²) in [4.78, 5) is 23.6. The molecule has 2 N–H and O–H groups in total. The van der Waals surface area contributed by atoms with Gasteiger partial charge in [0.2, 0.25) is 0 Å². The zero-order valence-electron chi connectivity index (χ0n) is 17.4. The number of hydrogen-bond donors (Lipinski definition) is 2. The number of aromatic carboxylic acids is 1. The van der Waals surface area contributed by atoms with E-state index in [4.69, 9.17) is 19.0 Å². The Bertz CT molecular complexity index is 1220. The van der Waals surface area contributed by atoms with Crippen molar-refractivity contribution in [3.8, 4) is 28.9 Å². The average Bonchev–Trinajstić information content (AvgIpc) is 3.29. The first-order valence-electron chi connectivity index (χ1n) is 9.49. The average molecular weight is 432 g/mol. The van der Waals surface area contributed by atoms with E-state index in [1.54, 1.807) is 49.6 Å². The molecule has 0 saturated heterocycles. The van der Waals surface area contributed by atoms with Crippen molar-refractivity contribution in [1.29, 1.82) is 5.26 Å². The molecule has 0 atom stereocenters. The van der Waals surface area contributed by atoms with Gasteiger partial charge in [0.15, 0.2) is 0 Å². The SMILES string of the molecule is COc1ccc(CNC(=O)/C(C#N)=C/c2ccc(-c3cccc(C(=O)O)c3)o2)c(OC)c1. The maximum Gasteiger partial charge on any atom is 0.335 e. The van der Waals surface area contributed by atoms with Gasteiger partial charge in [-0.3, -0.25) is 4.79 Å². The number of nitrogens with zero attached hydrogens (tertiary/aromatic N) is 1. The van der Waals surface area contributed by atoms with Gasteiger partial charge in [-0.05, 0) is 36.4 Å². The van der Waals surface area contributed by atoms with Crippen LogP contribution in [0, 0.1) is 11.3 Å². The number of carbonyl (C=O) groups excluding carboxylic acids is 1. The number of amides is 1. The van der Waals surface area contributed by atoms with Crippen molar-refractivity contribution in [2.24, 2.45) is 0 Å². The topological polar surface area (TPSA) is 122 Å². The van der Waals surface area contributed by atoms with E-state index in [0.29, 0.717) is 22.8 Å². The molecule has 3 aromatic rings. The van der Waals surface area contributed by atoms with Crippen LogP contribution >= 0.6 is 0 Å². The normalized spacial score (nSPS) is 10.8. The van der Waals surface area contributed by atoms with E-state index in [0.717, 1.165) is 5.56 Å². The molecule has 32 heavy (non-hydrogen) atoms. The predicted molar refractivity (Wildman–Crippen MR) is 116 cm³/mol. The summed E-state index contributed by atoms with van der Waals surface area (Å²) in [5, 5.41) is 21.2. The highest BCUT2D eigenvalue weighted by Gasteiger charge is 2.13. The number of benzene rings is 2. The standard InChI is InChI=1S/C24H20N2O6/c1-30-19-7-6-17(22(12-19)31-2)14-26-23(27)18(13-25)11-20-8-9-21(32-20)15-4-3-5-16(10-15)24(28)29/h3-12H,14H2,1-2H3,(H,26,27)(H,28,29)/b18-11+. The number of furan rings is 1. The molecule has 0 saturated carbocycles. The highest BCUT2D eigenvalue weighted by molar-refractivity contribution is 6.01. The summed E-state index contributed by atoms with van der Waals surface area (Å²) in [6.07, 6.45) is 1.32. The van der Waals surface area contributed by atoms with Gasteiger partial charge in [-0.1, -0.05) is 12.1 Å². The van der Waals surface area contributed by atoms with E-state index < -0.39 is 11.9 Å². The van der Waals surface area contributed by atoms with Gasteiger partial charge in [0.1, 0.15) is 34.7 Å². The summed E-state index contributed by atoms with van der Waals surface area (Å²) in [6.45, 7) is 0.149. The second-order valence-electron chi connectivity index (χ2n) is 6.62. The van der Waals surface area contributed by atoms with Gasteiger partial charge < -0.3 is 24.3 Å². The number of nitrogens with one attached hydrogen (secondary N) is 1. The molecule has 0 aliphatic heterocycles. The smallest absolute Gasteiger partial charge is 0.335 e. The monoisotopic (exact) mass is 432 g/mol. The Balaban J connectivity index is 1.74. The summed E-state index contributed by atoms with van der Waals surface area (Å²) in [5.74, 6) is 0.254. The van der Waals surface area contributed by atoms with E-state index in [-0.39, 0.29) is 23.4 Å². The van der Waals surface area contributed by atoms with Crippen molar-refractivity contribution >= 4 is 18.0 Å². The Morgan fingerprint density at radius 1 is 1.12 bits per heavy atom. The molecule has 1 aromatic heterocycles. The van der Waals surface area contributed by atoms with Gasteiger partial charge in [-0.15, -0.1) is 0 Å². The van der Waals surface area contributed by atoms with Gasteiger partial charge >= 0.3 is 5.97 Å². The number of carboxylic acids is 1. The third-order valence-electron chi connectivity index (χ3n) is 4.61. The van der Waals surface area contributed by atoms with Crippen molar-refractivity contribution in [3.63, 3.8) is 0 Å². The minimum absolute atomic E-state index is 0.127. The first kappa shape index (κ1) is 22.2. The minimum Gasteiger partial charge on any atom is -0.497 e. The molecule has 0 aliphatic carbocycles. The maximum atomic E-state index is 12.5. The van der Waals surface area contributed by atoms with Crippen LogP contribution in [0.25, 0.3) is 17.4 Å². The first-order chi connectivity index (χ1) is 15.4. The molecule has 1 heterocycles. The quantitative estimate of drug-likeness (QED) is 0.409. The number of methoxy groups -OCH3 is 2. The summed E-state index contributed by atoms with van der Waals surface area (Å²) in [5.41, 5.74) is 1.27. The van der Waals surface area contributed by atoms with Gasteiger partial charge in [-0.2, -0.15) is 5.26 Å². The number of hydrogen-bond acceptors (Lipinski definition) is 6. The van der Waals surface area contributed by atoms with E-state index in [1.165, 1.54) is 25.3 Å². The number of rotatable bonds is 8. The van der Waals surface area contributed by atoms with E-state index in [1.807, 2.05) is 6.07 Å². The minimum atomic E-state index is -1.05. The van der Waals surface area contributed by atoms with Crippen LogP contribution in [0.5, 0.6) is 11.5 Å². The van der Waals surface area contributed by atoms with Gasteiger partial charge in [0.25, 0.3) is 5.91 Å². The first-order valence-corrected chi connectivity index (χ1v) is 9.49. The molecule has 0 aliphatic rings. The zero-order valence-corrected chi connectivity index (χ0v) is 17.4. The molecule has 3 rings (SSSR count). The van der Waals surface area contributed by atoms with Crippen LogP contribution < -0.4 is 14.8 Å². The summed E-state index contributed by atoms with van der Waals surface area (Å²) in [6, 6.07) is 16.6. The molecular weight excluding hydrogens is 412 g/mol. The lowest BCUT2D eigenvalue weighted by molar-refractivity contribution is -0.117. The van der Waals surface area contributed by atoms with Gasteiger partial charge in [-0.25, -0.2) is 4.79 Å². The number of ether oxygens (including phenoxy) is 2. The highest BCUT2D eigenvalue weighted by Crippen LogP contribution is 2.26. The van der Waals surface area contributed by atoms with Crippen LogP contribution in [-0.4, -0.2) is 31.2 Å². The maximum absolute atomic E-state index is 12.5. The lowest BCUT2D eigenvalue weighted by atomic mass is 10.1. The van der Waals surface area contributed by atoms with Gasteiger partial charge in [0, 0.05) is 29.8 Å². The Morgan fingerprint density at radius 2 is 1.94 bits per heavy atom. The highest BCUT2D eigenvalue weighted by atomic mass is 16.5. The fourth-order valence-corrected chi connectivity index (χ4v) is 2.95. The van der Waals surface area contributed by atoms with Crippen LogP contribution in [0.2, 0.25) is 0 Å². The molecule has 8 nitrogen and oxygen atoms in total. The lowest BCUT2D eigenvalue weighted by Gasteiger charge is -2.11. The summed E-state index contributed by atoms with van der Waals surface area (Å²) < 4.78 is 16.1. The van der Waals surface area contributed by atoms with E-state index in [9.17, 15) is 14.9 Å². The summed E-state index contributed by atoms with van der Waals surface area (Å²) in [7, 11) is 3.06. The van der Waals surface area contributed by atoms with E-state index >= 15 is 0 Å². The molecule has 2 aromatic carbocycles. The van der Waals surface area contributed by atoms with Crippen molar-refractivity contribution in [3.05, 3.63) is 77.1 Å². The third kappa shape index (κ3) is 5.15. The van der Waals surface area contributed by atoms with Crippen LogP contribution in [0.3, 0.4) is 0 Å². The Morgan fingerprint density at radius 3 is 2.62 bits per heavy atom. The van der Waals surface area contributed by atoms with Crippen molar-refractivity contribution in [1.82, 2.24) is 5.32 Å². The largest absolute Gasteiger partial charge is 0.497 e. The number of carbonyl (C=O) groups is 2. The third-order valence-corrected chi connectivity index (χ3v) is 4.61. The van der Waals surface area contributed by atoms with Crippen LogP contribution in [-0.2, 0) is 11.3 Å². The second kappa shape index (κ2) is 10.00.